The highest BCUT2D eigenvalue weighted by Gasteiger charge is 2.24. The minimum atomic E-state index is -3.00. The molecule has 0 fully saturated rings. The fourth-order valence-electron chi connectivity index (χ4n) is 4.18. The molecule has 0 spiro atoms. The van der Waals surface area contributed by atoms with Crippen LogP contribution in [0.3, 0.4) is 0 Å². The first-order valence-corrected chi connectivity index (χ1v) is 11.0. The van der Waals surface area contributed by atoms with E-state index >= 15 is 0 Å². The lowest BCUT2D eigenvalue weighted by atomic mass is 10.0. The number of nitrogens with zero attached hydrogens (tertiary/aromatic N) is 4. The molecule has 0 atom stereocenters. The van der Waals surface area contributed by atoms with Crippen molar-refractivity contribution in [2.24, 2.45) is 0 Å². The van der Waals surface area contributed by atoms with E-state index in [1.54, 1.807) is 38.4 Å². The molecular formula is C25H24F2N4O4. The number of alkyl halides is 2. The van der Waals surface area contributed by atoms with Crippen molar-refractivity contribution in [1.29, 1.82) is 0 Å². The maximum absolute atomic E-state index is 13.3. The fraction of sp³-hybridized carbons (Fsp3) is 0.320. The highest BCUT2D eigenvalue weighted by molar-refractivity contribution is 5.82. The Kier molecular flexibility index (Phi) is 5.86. The number of rotatable bonds is 5. The Morgan fingerprint density at radius 3 is 2.54 bits per heavy atom. The summed E-state index contributed by atoms with van der Waals surface area (Å²) in [6.07, 6.45) is 3.31. The van der Waals surface area contributed by atoms with Gasteiger partial charge in [0.15, 0.2) is 17.3 Å². The summed E-state index contributed by atoms with van der Waals surface area (Å²) in [5, 5.41) is 10.1. The minimum Gasteiger partial charge on any atom is -0.493 e. The highest BCUT2D eigenvalue weighted by atomic mass is 19.3. The Hall–Kier alpha value is -3.63. The third-order valence-electron chi connectivity index (χ3n) is 5.91. The molecular weight excluding hydrogens is 458 g/mol. The highest BCUT2D eigenvalue weighted by Crippen LogP contribution is 2.38. The zero-order valence-electron chi connectivity index (χ0n) is 19.5. The largest absolute Gasteiger partial charge is 0.493 e. The molecule has 0 saturated heterocycles. The Morgan fingerprint density at radius 2 is 1.86 bits per heavy atom. The summed E-state index contributed by atoms with van der Waals surface area (Å²) < 4.78 is 44.5. The van der Waals surface area contributed by atoms with Crippen LogP contribution in [-0.4, -0.2) is 38.3 Å². The SMILES string of the molecule is COc1ccc2c(c1OC(F)F)Cn1c(nc3ccc(-c4cnc(C(C)(C)O)nc4)cc31)COC2. The molecule has 4 aromatic rings. The van der Waals surface area contributed by atoms with Crippen LogP contribution in [0.1, 0.15) is 36.6 Å². The molecule has 0 saturated carbocycles. The molecule has 0 bridgehead atoms. The van der Waals surface area contributed by atoms with Gasteiger partial charge in [0.05, 0.1) is 31.3 Å². The van der Waals surface area contributed by atoms with E-state index in [4.69, 9.17) is 19.2 Å². The van der Waals surface area contributed by atoms with E-state index < -0.39 is 12.2 Å². The lowest BCUT2D eigenvalue weighted by Gasteiger charge is -2.22. The number of methoxy groups -OCH3 is 1. The number of halogens is 2. The second-order valence-corrected chi connectivity index (χ2v) is 8.78. The maximum atomic E-state index is 13.3. The molecule has 0 aliphatic carbocycles. The quantitative estimate of drug-likeness (QED) is 0.451. The van der Waals surface area contributed by atoms with Crippen LogP contribution in [0.25, 0.3) is 22.2 Å². The Balaban J connectivity index is 1.61. The molecule has 0 amide bonds. The first-order chi connectivity index (χ1) is 16.7. The van der Waals surface area contributed by atoms with Crippen LogP contribution in [-0.2, 0) is 30.1 Å². The predicted octanol–water partition coefficient (Wildman–Crippen LogP) is 4.41. The summed E-state index contributed by atoms with van der Waals surface area (Å²) in [5.41, 5.74) is 3.29. The molecule has 182 valence electrons. The van der Waals surface area contributed by atoms with Crippen LogP contribution < -0.4 is 9.47 Å². The van der Waals surface area contributed by atoms with Gasteiger partial charge in [-0.05, 0) is 43.2 Å². The maximum Gasteiger partial charge on any atom is 0.387 e. The van der Waals surface area contributed by atoms with E-state index in [0.29, 0.717) is 17.2 Å². The van der Waals surface area contributed by atoms with E-state index in [2.05, 4.69) is 9.97 Å². The van der Waals surface area contributed by atoms with Crippen LogP contribution in [0.15, 0.2) is 42.7 Å². The van der Waals surface area contributed by atoms with E-state index in [0.717, 1.165) is 27.7 Å². The lowest BCUT2D eigenvalue weighted by molar-refractivity contribution is -0.0521. The molecule has 2 aromatic heterocycles. The molecule has 8 nitrogen and oxygen atoms in total. The van der Waals surface area contributed by atoms with Gasteiger partial charge in [0.2, 0.25) is 0 Å². The lowest BCUT2D eigenvalue weighted by Crippen LogP contribution is -2.19. The average molecular weight is 482 g/mol. The van der Waals surface area contributed by atoms with Gasteiger partial charge in [0, 0.05) is 23.5 Å². The number of hydrogen-bond donors (Lipinski definition) is 1. The standard InChI is InChI=1S/C25H24F2N4O4/c1-25(2,32)23-28-9-16(10-29-23)14-4-6-18-19(8-14)31-11-17-15(12-34-13-21(31)30-18)5-7-20(33-3)22(17)35-24(26)27/h4-10,24,32H,11-13H2,1-3H3. The molecule has 0 radical (unpaired) electrons. The number of fused-ring (bicyclic) bond motifs is 4. The second kappa shape index (κ2) is 8.86. The van der Waals surface area contributed by atoms with Gasteiger partial charge in [0.1, 0.15) is 18.0 Å². The monoisotopic (exact) mass is 482 g/mol. The molecule has 0 unspecified atom stereocenters. The molecule has 5 rings (SSSR count). The summed E-state index contributed by atoms with van der Waals surface area (Å²) in [6.45, 7) is 1.00. The smallest absolute Gasteiger partial charge is 0.387 e. The van der Waals surface area contributed by atoms with Crippen molar-refractivity contribution in [3.8, 4) is 22.6 Å². The van der Waals surface area contributed by atoms with Gasteiger partial charge in [0.25, 0.3) is 0 Å². The van der Waals surface area contributed by atoms with Crippen molar-refractivity contribution in [2.45, 2.75) is 45.8 Å². The first kappa shape index (κ1) is 23.1. The Bertz CT molecular complexity index is 1380. The van der Waals surface area contributed by atoms with Gasteiger partial charge >= 0.3 is 6.61 Å². The average Bonchev–Trinajstić information content (AvgIpc) is 3.14. The van der Waals surface area contributed by atoms with Crippen molar-refractivity contribution in [3.05, 3.63) is 65.5 Å². The summed E-state index contributed by atoms with van der Waals surface area (Å²) in [7, 11) is 1.41. The van der Waals surface area contributed by atoms with Gasteiger partial charge in [-0.15, -0.1) is 0 Å². The summed E-state index contributed by atoms with van der Waals surface area (Å²) in [5.74, 6) is 1.21. The summed E-state index contributed by atoms with van der Waals surface area (Å²) in [6, 6.07) is 9.14. The summed E-state index contributed by atoms with van der Waals surface area (Å²) >= 11 is 0. The topological polar surface area (TPSA) is 91.5 Å². The van der Waals surface area contributed by atoms with Gasteiger partial charge in [-0.2, -0.15) is 8.78 Å². The van der Waals surface area contributed by atoms with Crippen molar-refractivity contribution in [2.75, 3.05) is 7.11 Å². The van der Waals surface area contributed by atoms with Gasteiger partial charge in [-0.3, -0.25) is 0 Å². The van der Waals surface area contributed by atoms with Crippen LogP contribution in [0, 0.1) is 0 Å². The van der Waals surface area contributed by atoms with E-state index in [9.17, 15) is 13.9 Å². The molecule has 1 aliphatic heterocycles. The molecule has 35 heavy (non-hydrogen) atoms. The van der Waals surface area contributed by atoms with Gasteiger partial charge in [-0.25, -0.2) is 15.0 Å². The number of aliphatic hydroxyl groups is 1. The predicted molar refractivity (Wildman–Crippen MR) is 123 cm³/mol. The number of hydrogen-bond acceptors (Lipinski definition) is 7. The number of aromatic nitrogens is 4. The van der Waals surface area contributed by atoms with E-state index in [1.807, 2.05) is 22.8 Å². The van der Waals surface area contributed by atoms with Gasteiger partial charge < -0.3 is 23.9 Å². The zero-order chi connectivity index (χ0) is 24.7. The molecule has 2 aromatic carbocycles. The van der Waals surface area contributed by atoms with Crippen molar-refractivity contribution >= 4 is 11.0 Å². The molecule has 3 heterocycles. The third kappa shape index (κ3) is 4.42. The second-order valence-electron chi connectivity index (χ2n) is 8.78. The fourth-order valence-corrected chi connectivity index (χ4v) is 4.18. The molecule has 1 N–H and O–H groups in total. The first-order valence-electron chi connectivity index (χ1n) is 11.0. The third-order valence-corrected chi connectivity index (χ3v) is 5.91. The van der Waals surface area contributed by atoms with Crippen LogP contribution in [0.2, 0.25) is 0 Å². The number of ether oxygens (including phenoxy) is 3. The summed E-state index contributed by atoms with van der Waals surface area (Å²) in [4.78, 5) is 13.3. The van der Waals surface area contributed by atoms with Crippen LogP contribution in [0.4, 0.5) is 8.78 Å². The normalized spacial score (nSPS) is 13.8. The molecule has 1 aliphatic rings. The number of benzene rings is 2. The molecule has 10 heteroatoms. The van der Waals surface area contributed by atoms with Crippen LogP contribution in [0.5, 0.6) is 11.5 Å². The zero-order valence-corrected chi connectivity index (χ0v) is 19.5. The minimum absolute atomic E-state index is 0.00920. The van der Waals surface area contributed by atoms with Crippen LogP contribution >= 0.6 is 0 Å². The van der Waals surface area contributed by atoms with Crippen molar-refractivity contribution in [1.82, 2.24) is 19.5 Å². The van der Waals surface area contributed by atoms with E-state index in [-0.39, 0.29) is 31.3 Å². The van der Waals surface area contributed by atoms with Crippen molar-refractivity contribution in [3.63, 3.8) is 0 Å². The van der Waals surface area contributed by atoms with Crippen molar-refractivity contribution < 1.29 is 28.1 Å². The van der Waals surface area contributed by atoms with Gasteiger partial charge in [-0.1, -0.05) is 12.1 Å². The number of imidazole rings is 1. The van der Waals surface area contributed by atoms with E-state index in [1.165, 1.54) is 7.11 Å². The Labute approximate surface area is 200 Å². The Morgan fingerprint density at radius 1 is 1.09 bits per heavy atom.